The Labute approximate surface area is 154 Å². The number of rotatable bonds is 6. The standard InChI is InChI=1S/C19H18ClN3O3/c20-14-5-3-4-13(12-14)8-10-21-17(24)9-11-23-19(26)16-7-2-1-6-15(16)18(25)22-23/h1-7,12H,8-11H2,(H,21,24)(H,22,25). The molecular formula is C19H18ClN3O3. The second-order valence-electron chi connectivity index (χ2n) is 5.92. The Hall–Kier alpha value is -2.86. The maximum absolute atomic E-state index is 12.4. The highest BCUT2D eigenvalue weighted by Crippen LogP contribution is 2.10. The Morgan fingerprint density at radius 1 is 1.08 bits per heavy atom. The first-order valence-electron chi connectivity index (χ1n) is 8.27. The Kier molecular flexibility index (Phi) is 5.53. The highest BCUT2D eigenvalue weighted by atomic mass is 35.5. The van der Waals surface area contributed by atoms with Gasteiger partial charge in [-0.1, -0.05) is 35.9 Å². The van der Waals surface area contributed by atoms with Gasteiger partial charge in [0.2, 0.25) is 5.91 Å². The molecule has 0 aliphatic rings. The second kappa shape index (κ2) is 8.01. The van der Waals surface area contributed by atoms with Crippen molar-refractivity contribution in [1.29, 1.82) is 0 Å². The van der Waals surface area contributed by atoms with Crippen molar-refractivity contribution in [3.8, 4) is 0 Å². The summed E-state index contributed by atoms with van der Waals surface area (Å²) in [5.41, 5.74) is 0.376. The van der Waals surface area contributed by atoms with Gasteiger partial charge in [0, 0.05) is 18.0 Å². The molecule has 0 spiro atoms. The minimum absolute atomic E-state index is 0.101. The molecule has 0 fully saturated rings. The van der Waals surface area contributed by atoms with E-state index in [1.807, 2.05) is 18.2 Å². The van der Waals surface area contributed by atoms with Crippen molar-refractivity contribution in [2.24, 2.45) is 0 Å². The molecule has 2 N–H and O–H groups in total. The lowest BCUT2D eigenvalue weighted by Gasteiger charge is -2.08. The fourth-order valence-corrected chi connectivity index (χ4v) is 2.96. The summed E-state index contributed by atoms with van der Waals surface area (Å²) in [5, 5.41) is 6.67. The summed E-state index contributed by atoms with van der Waals surface area (Å²) in [6, 6.07) is 14.1. The quantitative estimate of drug-likeness (QED) is 0.696. The van der Waals surface area contributed by atoms with Gasteiger partial charge in [0.15, 0.2) is 0 Å². The molecule has 0 aliphatic heterocycles. The van der Waals surface area contributed by atoms with Gasteiger partial charge in [-0.25, -0.2) is 4.68 Å². The molecule has 0 saturated carbocycles. The fraction of sp³-hybridized carbons (Fsp3) is 0.211. The average molecular weight is 372 g/mol. The van der Waals surface area contributed by atoms with Gasteiger partial charge in [0.25, 0.3) is 11.1 Å². The average Bonchev–Trinajstić information content (AvgIpc) is 2.64. The van der Waals surface area contributed by atoms with E-state index in [-0.39, 0.29) is 30.0 Å². The third-order valence-electron chi connectivity index (χ3n) is 4.07. The van der Waals surface area contributed by atoms with Crippen molar-refractivity contribution < 1.29 is 4.79 Å². The number of amides is 1. The summed E-state index contributed by atoms with van der Waals surface area (Å²) >= 11 is 5.92. The third-order valence-corrected chi connectivity index (χ3v) is 4.31. The van der Waals surface area contributed by atoms with Gasteiger partial charge < -0.3 is 5.32 Å². The van der Waals surface area contributed by atoms with Crippen LogP contribution in [-0.4, -0.2) is 22.2 Å². The van der Waals surface area contributed by atoms with Crippen molar-refractivity contribution in [2.75, 3.05) is 6.54 Å². The topological polar surface area (TPSA) is 84.0 Å². The van der Waals surface area contributed by atoms with Gasteiger partial charge in [-0.2, -0.15) is 0 Å². The number of fused-ring (bicyclic) bond motifs is 1. The Morgan fingerprint density at radius 3 is 2.62 bits per heavy atom. The maximum Gasteiger partial charge on any atom is 0.273 e. The minimum atomic E-state index is -0.346. The number of halogens is 1. The number of aromatic nitrogens is 2. The van der Waals surface area contributed by atoms with E-state index in [2.05, 4.69) is 10.4 Å². The van der Waals surface area contributed by atoms with Crippen LogP contribution in [0, 0.1) is 0 Å². The molecule has 2 aromatic carbocycles. The molecule has 26 heavy (non-hydrogen) atoms. The van der Waals surface area contributed by atoms with Crippen LogP contribution in [0.2, 0.25) is 5.02 Å². The Balaban J connectivity index is 1.58. The lowest BCUT2D eigenvalue weighted by atomic mass is 10.1. The smallest absolute Gasteiger partial charge is 0.273 e. The van der Waals surface area contributed by atoms with Gasteiger partial charge >= 0.3 is 0 Å². The first-order chi connectivity index (χ1) is 12.5. The van der Waals surface area contributed by atoms with Gasteiger partial charge in [0.1, 0.15) is 0 Å². The highest BCUT2D eigenvalue weighted by molar-refractivity contribution is 6.30. The SMILES string of the molecule is O=C(CCn1[nH]c(=O)c2ccccc2c1=O)NCCc1cccc(Cl)c1. The molecule has 0 atom stereocenters. The third kappa shape index (κ3) is 4.21. The summed E-state index contributed by atoms with van der Waals surface area (Å²) < 4.78 is 1.18. The van der Waals surface area contributed by atoms with E-state index in [9.17, 15) is 14.4 Å². The largest absolute Gasteiger partial charge is 0.356 e. The highest BCUT2D eigenvalue weighted by Gasteiger charge is 2.08. The molecule has 1 heterocycles. The molecule has 3 rings (SSSR count). The number of carbonyl (C=O) groups is 1. The van der Waals surface area contributed by atoms with Crippen molar-refractivity contribution in [2.45, 2.75) is 19.4 Å². The zero-order valence-electron chi connectivity index (χ0n) is 14.0. The Bertz CT molecular complexity index is 1060. The first-order valence-corrected chi connectivity index (χ1v) is 8.65. The number of carbonyl (C=O) groups excluding carboxylic acids is 1. The molecular weight excluding hydrogens is 354 g/mol. The molecule has 1 amide bonds. The monoisotopic (exact) mass is 371 g/mol. The predicted molar refractivity (Wildman–Crippen MR) is 102 cm³/mol. The summed E-state index contributed by atoms with van der Waals surface area (Å²) in [4.78, 5) is 36.4. The summed E-state index contributed by atoms with van der Waals surface area (Å²) in [7, 11) is 0. The molecule has 134 valence electrons. The van der Waals surface area contributed by atoms with Crippen LogP contribution in [0.15, 0.2) is 58.1 Å². The van der Waals surface area contributed by atoms with Crippen molar-refractivity contribution >= 4 is 28.3 Å². The number of benzene rings is 2. The van der Waals surface area contributed by atoms with Crippen LogP contribution >= 0.6 is 11.6 Å². The minimum Gasteiger partial charge on any atom is -0.356 e. The van der Waals surface area contributed by atoms with Crippen LogP contribution < -0.4 is 16.4 Å². The predicted octanol–water partition coefficient (Wildman–Crippen LogP) is 2.09. The zero-order valence-corrected chi connectivity index (χ0v) is 14.8. The van der Waals surface area contributed by atoms with Crippen LogP contribution in [0.25, 0.3) is 10.8 Å². The van der Waals surface area contributed by atoms with Crippen molar-refractivity contribution in [3.05, 3.63) is 79.8 Å². The van der Waals surface area contributed by atoms with Crippen LogP contribution in [0.4, 0.5) is 0 Å². The Morgan fingerprint density at radius 2 is 1.85 bits per heavy atom. The summed E-state index contributed by atoms with van der Waals surface area (Å²) in [6.07, 6.45) is 0.767. The van der Waals surface area contributed by atoms with E-state index in [1.54, 1.807) is 30.3 Å². The molecule has 7 heteroatoms. The van der Waals surface area contributed by atoms with Crippen LogP contribution in [0.3, 0.4) is 0 Å². The molecule has 0 saturated heterocycles. The number of hydrogen-bond acceptors (Lipinski definition) is 3. The number of aromatic amines is 1. The lowest BCUT2D eigenvalue weighted by Crippen LogP contribution is -2.33. The molecule has 0 bridgehead atoms. The molecule has 1 aromatic heterocycles. The van der Waals surface area contributed by atoms with E-state index in [0.717, 1.165) is 5.56 Å². The van der Waals surface area contributed by atoms with Gasteiger partial charge in [-0.05, 0) is 36.2 Å². The summed E-state index contributed by atoms with van der Waals surface area (Å²) in [5.74, 6) is -0.187. The zero-order chi connectivity index (χ0) is 18.5. The lowest BCUT2D eigenvalue weighted by molar-refractivity contribution is -0.121. The van der Waals surface area contributed by atoms with E-state index in [0.29, 0.717) is 28.8 Å². The number of hydrogen-bond donors (Lipinski definition) is 2. The summed E-state index contributed by atoms with van der Waals surface area (Å²) in [6.45, 7) is 0.588. The fourth-order valence-electron chi connectivity index (χ4n) is 2.74. The van der Waals surface area contributed by atoms with Crippen molar-refractivity contribution in [3.63, 3.8) is 0 Å². The molecule has 0 radical (unpaired) electrons. The van der Waals surface area contributed by atoms with E-state index < -0.39 is 0 Å². The molecule has 3 aromatic rings. The number of nitrogens with zero attached hydrogens (tertiary/aromatic N) is 1. The van der Waals surface area contributed by atoms with Crippen molar-refractivity contribution in [1.82, 2.24) is 15.1 Å². The van der Waals surface area contributed by atoms with E-state index >= 15 is 0 Å². The molecule has 0 aliphatic carbocycles. The molecule has 6 nitrogen and oxygen atoms in total. The second-order valence-corrected chi connectivity index (χ2v) is 6.36. The van der Waals surface area contributed by atoms with Gasteiger partial charge in [-0.15, -0.1) is 0 Å². The normalized spacial score (nSPS) is 10.8. The maximum atomic E-state index is 12.4. The number of nitrogens with one attached hydrogen (secondary N) is 2. The molecule has 0 unspecified atom stereocenters. The van der Waals surface area contributed by atoms with Crippen LogP contribution in [0.5, 0.6) is 0 Å². The van der Waals surface area contributed by atoms with Gasteiger partial charge in [0.05, 0.1) is 17.3 Å². The van der Waals surface area contributed by atoms with Gasteiger partial charge in [-0.3, -0.25) is 19.5 Å². The van der Waals surface area contributed by atoms with Crippen LogP contribution in [0.1, 0.15) is 12.0 Å². The van der Waals surface area contributed by atoms with Crippen LogP contribution in [-0.2, 0) is 17.8 Å². The van der Waals surface area contributed by atoms with E-state index in [1.165, 1.54) is 4.68 Å². The first kappa shape index (κ1) is 17.9. The van der Waals surface area contributed by atoms with E-state index in [4.69, 9.17) is 11.6 Å². The number of H-pyrrole nitrogens is 1. The number of aryl methyl sites for hydroxylation is 1.